The first-order chi connectivity index (χ1) is 14.5. The van der Waals surface area contributed by atoms with Crippen molar-refractivity contribution in [2.24, 2.45) is 11.3 Å². The average molecular weight is 430 g/mol. The van der Waals surface area contributed by atoms with Gasteiger partial charge in [-0.2, -0.15) is 0 Å². The molecule has 3 atom stereocenters. The van der Waals surface area contributed by atoms with E-state index in [1.807, 2.05) is 13.8 Å². The molecular weight excluding hydrogens is 390 g/mol. The highest BCUT2D eigenvalue weighted by atomic mass is 16.5. The Hall–Kier alpha value is -2.24. The van der Waals surface area contributed by atoms with Gasteiger partial charge in [0.15, 0.2) is 0 Å². The summed E-state index contributed by atoms with van der Waals surface area (Å²) in [5, 5.41) is 5.97. The molecule has 4 N–H and O–H groups in total. The van der Waals surface area contributed by atoms with Crippen molar-refractivity contribution in [3.05, 3.63) is 22.8 Å². The fourth-order valence-electron chi connectivity index (χ4n) is 6.29. The van der Waals surface area contributed by atoms with Crippen molar-refractivity contribution >= 4 is 23.4 Å². The molecule has 1 unspecified atom stereocenters. The van der Waals surface area contributed by atoms with Gasteiger partial charge in [0, 0.05) is 23.0 Å². The molecule has 1 aromatic carbocycles. The van der Waals surface area contributed by atoms with Crippen LogP contribution in [0.5, 0.6) is 0 Å². The molecule has 1 fully saturated rings. The number of anilines is 2. The molecule has 172 valence electrons. The highest BCUT2D eigenvalue weighted by Crippen LogP contribution is 2.59. The molecule has 2 aliphatic carbocycles. The number of methoxy groups -OCH3 is 1. The minimum Gasteiger partial charge on any atom is -0.469 e. The molecule has 0 aliphatic heterocycles. The summed E-state index contributed by atoms with van der Waals surface area (Å²) in [5.41, 5.74) is 11.0. The number of amides is 2. The van der Waals surface area contributed by atoms with Crippen LogP contribution in [0.4, 0.5) is 16.2 Å². The Morgan fingerprint density at radius 3 is 2.45 bits per heavy atom. The number of hydrogen-bond donors (Lipinski definition) is 3. The maximum absolute atomic E-state index is 12.8. The predicted octanol–water partition coefficient (Wildman–Crippen LogP) is 5.11. The van der Waals surface area contributed by atoms with Gasteiger partial charge in [0.2, 0.25) is 0 Å². The van der Waals surface area contributed by atoms with Crippen molar-refractivity contribution in [1.82, 2.24) is 5.32 Å². The van der Waals surface area contributed by atoms with Crippen molar-refractivity contribution in [3.8, 4) is 0 Å². The molecule has 1 aromatic rings. The van der Waals surface area contributed by atoms with Gasteiger partial charge in [-0.15, -0.1) is 0 Å². The average Bonchev–Trinajstić information content (AvgIpc) is 2.66. The van der Waals surface area contributed by atoms with Crippen molar-refractivity contribution in [2.45, 2.75) is 91.0 Å². The van der Waals surface area contributed by atoms with Crippen molar-refractivity contribution in [2.75, 3.05) is 18.2 Å². The Morgan fingerprint density at radius 2 is 1.87 bits per heavy atom. The van der Waals surface area contributed by atoms with E-state index in [0.717, 1.165) is 49.0 Å². The van der Waals surface area contributed by atoms with Crippen LogP contribution in [0.2, 0.25) is 0 Å². The third-order valence-corrected chi connectivity index (χ3v) is 7.64. The number of fused-ring (bicyclic) bond motifs is 3. The Morgan fingerprint density at radius 1 is 1.19 bits per heavy atom. The summed E-state index contributed by atoms with van der Waals surface area (Å²) >= 11 is 0. The standard InChI is InChI=1S/C25H39N3O3/c1-14(2)20-18(28-23(30)27-15(3)4)13-17-16(21(20)26)9-10-19-24(17,5)11-8-12-25(19,6)22(29)31-7/h13-15,19H,8-12,26H2,1-7H3,(H2,27,28,30)/t19?,24-,25-/m1/s1. The number of nitrogens with two attached hydrogens (primary N) is 1. The number of nitrogens with one attached hydrogen (secondary N) is 2. The summed E-state index contributed by atoms with van der Waals surface area (Å²) < 4.78 is 5.23. The number of urea groups is 1. The maximum Gasteiger partial charge on any atom is 0.319 e. The van der Waals surface area contributed by atoms with Gasteiger partial charge in [0.25, 0.3) is 0 Å². The Labute approximate surface area is 186 Å². The summed E-state index contributed by atoms with van der Waals surface area (Å²) in [6, 6.07) is 1.95. The maximum atomic E-state index is 12.8. The van der Waals surface area contributed by atoms with Crippen LogP contribution in [0.1, 0.15) is 89.8 Å². The number of hydrogen-bond acceptors (Lipinski definition) is 4. The minimum absolute atomic E-state index is 0.0403. The van der Waals surface area contributed by atoms with Gasteiger partial charge in [-0.05, 0) is 80.9 Å². The van der Waals surface area contributed by atoms with Crippen molar-refractivity contribution < 1.29 is 14.3 Å². The van der Waals surface area contributed by atoms with Gasteiger partial charge >= 0.3 is 12.0 Å². The van der Waals surface area contributed by atoms with E-state index in [0.29, 0.717) is 0 Å². The molecule has 3 rings (SSSR count). The van der Waals surface area contributed by atoms with Gasteiger partial charge in [0.1, 0.15) is 0 Å². The van der Waals surface area contributed by atoms with Gasteiger partial charge in [-0.1, -0.05) is 27.2 Å². The number of nitrogen functional groups attached to an aromatic ring is 1. The Bertz CT molecular complexity index is 879. The lowest BCUT2D eigenvalue weighted by atomic mass is 9.49. The molecule has 2 amide bonds. The third kappa shape index (κ3) is 3.90. The molecule has 0 spiro atoms. The quantitative estimate of drug-likeness (QED) is 0.458. The second-order valence-electron chi connectivity index (χ2n) is 10.5. The highest BCUT2D eigenvalue weighted by Gasteiger charge is 2.56. The van der Waals surface area contributed by atoms with E-state index >= 15 is 0 Å². The summed E-state index contributed by atoms with van der Waals surface area (Å²) in [6.45, 7) is 12.4. The fourth-order valence-corrected chi connectivity index (χ4v) is 6.29. The molecule has 2 aliphatic rings. The highest BCUT2D eigenvalue weighted by molar-refractivity contribution is 5.92. The SMILES string of the molecule is COC(=O)[C@]1(C)CCC[C@]2(C)c3cc(NC(=O)NC(C)C)c(C(C)C)c(N)c3CCC12. The number of carbonyl (C=O) groups excluding carboxylic acids is 2. The second kappa shape index (κ2) is 8.36. The van der Waals surface area contributed by atoms with Crippen LogP contribution >= 0.6 is 0 Å². The lowest BCUT2D eigenvalue weighted by Crippen LogP contribution is -2.52. The van der Waals surface area contributed by atoms with E-state index in [1.54, 1.807) is 0 Å². The molecule has 6 nitrogen and oxygen atoms in total. The molecule has 31 heavy (non-hydrogen) atoms. The molecular formula is C25H39N3O3. The van der Waals surface area contributed by atoms with Gasteiger partial charge in [-0.3, -0.25) is 4.79 Å². The van der Waals surface area contributed by atoms with E-state index in [9.17, 15) is 9.59 Å². The number of benzene rings is 1. The van der Waals surface area contributed by atoms with Crippen LogP contribution in [0.3, 0.4) is 0 Å². The molecule has 6 heteroatoms. The Balaban J connectivity index is 2.14. The number of carbonyl (C=O) groups is 2. The molecule has 0 bridgehead atoms. The zero-order valence-corrected chi connectivity index (χ0v) is 20.1. The van der Waals surface area contributed by atoms with Crippen molar-refractivity contribution in [3.63, 3.8) is 0 Å². The summed E-state index contributed by atoms with van der Waals surface area (Å²) in [6.07, 6.45) is 4.55. The third-order valence-electron chi connectivity index (χ3n) is 7.64. The van der Waals surface area contributed by atoms with Crippen LogP contribution in [0.25, 0.3) is 0 Å². The van der Waals surface area contributed by atoms with Crippen LogP contribution < -0.4 is 16.4 Å². The number of esters is 1. The van der Waals surface area contributed by atoms with Crippen LogP contribution in [-0.2, 0) is 21.4 Å². The van der Waals surface area contributed by atoms with Gasteiger partial charge < -0.3 is 21.1 Å². The topological polar surface area (TPSA) is 93.4 Å². The van der Waals surface area contributed by atoms with E-state index in [2.05, 4.69) is 44.4 Å². The van der Waals surface area contributed by atoms with Gasteiger partial charge in [0.05, 0.1) is 12.5 Å². The molecule has 1 saturated carbocycles. The van der Waals surface area contributed by atoms with E-state index in [4.69, 9.17) is 10.5 Å². The van der Waals surface area contributed by atoms with E-state index < -0.39 is 5.41 Å². The zero-order valence-electron chi connectivity index (χ0n) is 20.1. The normalized spacial score (nSPS) is 27.5. The van der Waals surface area contributed by atoms with Crippen LogP contribution in [0, 0.1) is 11.3 Å². The summed E-state index contributed by atoms with van der Waals surface area (Å²) in [7, 11) is 1.48. The minimum atomic E-state index is -0.506. The first-order valence-corrected chi connectivity index (χ1v) is 11.6. The Kier molecular flexibility index (Phi) is 6.32. The summed E-state index contributed by atoms with van der Waals surface area (Å²) in [4.78, 5) is 25.4. The van der Waals surface area contributed by atoms with E-state index in [1.165, 1.54) is 18.2 Å². The first-order valence-electron chi connectivity index (χ1n) is 11.6. The molecule has 0 radical (unpaired) electrons. The molecule has 0 saturated heterocycles. The molecule has 0 aromatic heterocycles. The lowest BCUT2D eigenvalue weighted by molar-refractivity contribution is -0.161. The lowest BCUT2D eigenvalue weighted by Gasteiger charge is -2.54. The summed E-state index contributed by atoms with van der Waals surface area (Å²) in [5.74, 6) is 0.237. The fraction of sp³-hybridized carbons (Fsp3) is 0.680. The number of rotatable bonds is 4. The monoisotopic (exact) mass is 429 g/mol. The van der Waals surface area contributed by atoms with E-state index in [-0.39, 0.29) is 35.3 Å². The predicted molar refractivity (Wildman–Crippen MR) is 125 cm³/mol. The molecule has 0 heterocycles. The zero-order chi connectivity index (χ0) is 23.1. The van der Waals surface area contributed by atoms with Crippen LogP contribution in [-0.4, -0.2) is 25.2 Å². The second-order valence-corrected chi connectivity index (χ2v) is 10.5. The number of ether oxygens (including phenoxy) is 1. The van der Waals surface area contributed by atoms with Crippen molar-refractivity contribution in [1.29, 1.82) is 0 Å². The largest absolute Gasteiger partial charge is 0.469 e. The first kappa shape index (κ1) is 23.4. The van der Waals surface area contributed by atoms with Crippen LogP contribution in [0.15, 0.2) is 6.07 Å². The smallest absolute Gasteiger partial charge is 0.319 e. The van der Waals surface area contributed by atoms with Gasteiger partial charge in [-0.25, -0.2) is 4.79 Å².